The summed E-state index contributed by atoms with van der Waals surface area (Å²) in [5.74, 6) is -1.03. The molecule has 9 nitrogen and oxygen atoms in total. The number of nitrogens with zero attached hydrogens (tertiary/aromatic N) is 1. The highest BCUT2D eigenvalue weighted by atomic mass is 16.6. The summed E-state index contributed by atoms with van der Waals surface area (Å²) >= 11 is 0. The summed E-state index contributed by atoms with van der Waals surface area (Å²) in [5.41, 5.74) is -0.905. The van der Waals surface area contributed by atoms with Crippen molar-refractivity contribution in [3.8, 4) is 17.1 Å². The van der Waals surface area contributed by atoms with Crippen LogP contribution in [0.4, 0.5) is 0 Å². The molecular weight excluding hydrogens is 574 g/mol. The number of esters is 2. The number of carbonyl (C=O) groups excluding carboxylic acids is 2. The zero-order chi connectivity index (χ0) is 32.3. The first-order valence-corrected chi connectivity index (χ1v) is 15.6. The lowest BCUT2D eigenvalue weighted by Crippen LogP contribution is -2.70. The van der Waals surface area contributed by atoms with Crippen LogP contribution in [-0.2, 0) is 14.3 Å². The minimum Gasteiger partial charge on any atom is -0.482 e. The fourth-order valence-corrected chi connectivity index (χ4v) is 8.58. The van der Waals surface area contributed by atoms with Crippen LogP contribution in [0.1, 0.15) is 81.5 Å². The molecule has 2 fully saturated rings. The van der Waals surface area contributed by atoms with Crippen molar-refractivity contribution in [1.82, 2.24) is 4.98 Å². The van der Waals surface area contributed by atoms with Crippen molar-refractivity contribution < 1.29 is 33.3 Å². The highest BCUT2D eigenvalue weighted by molar-refractivity contribution is 5.89. The molecule has 0 radical (unpaired) electrons. The van der Waals surface area contributed by atoms with E-state index in [1.807, 2.05) is 26.0 Å². The third-order valence-corrected chi connectivity index (χ3v) is 11.2. The van der Waals surface area contributed by atoms with Crippen LogP contribution >= 0.6 is 0 Å². The van der Waals surface area contributed by atoms with Crippen LogP contribution in [0.5, 0.6) is 5.75 Å². The van der Waals surface area contributed by atoms with Crippen LogP contribution < -0.4 is 10.4 Å². The smallest absolute Gasteiger partial charge is 0.345 e. The lowest BCUT2D eigenvalue weighted by Gasteiger charge is -2.66. The zero-order valence-electron chi connectivity index (χ0n) is 26.7. The van der Waals surface area contributed by atoms with Crippen molar-refractivity contribution in [2.24, 2.45) is 28.6 Å². The molecule has 0 amide bonds. The van der Waals surface area contributed by atoms with E-state index in [-0.39, 0.29) is 41.5 Å². The second-order valence-corrected chi connectivity index (χ2v) is 13.9. The molecule has 9 heteroatoms. The normalized spacial score (nSPS) is 33.5. The molecule has 0 saturated heterocycles. The van der Waals surface area contributed by atoms with Crippen molar-refractivity contribution in [3.63, 3.8) is 0 Å². The standard InChI is InChI=1S/C36H41NO8/c1-20-9-11-23(12-10-20)32(40)44-28-17-27-34(4,14-13-21(2)35(27,5)19-42-22(3)38)31-30(39)29-26(45-36(28,31)6)16-25(43-33(29)41)24-8-7-15-37-18-24/h7-12,15-16,18,21,27-28,30-31,39H,13-14,17,19H2,1-6H3/t21-,27?,28-,30-,31?,34-,35+,36+/m0/s1. The lowest BCUT2D eigenvalue weighted by atomic mass is 9.41. The molecule has 0 spiro atoms. The second-order valence-electron chi connectivity index (χ2n) is 13.9. The lowest BCUT2D eigenvalue weighted by molar-refractivity contribution is -0.257. The molecule has 45 heavy (non-hydrogen) atoms. The monoisotopic (exact) mass is 615 g/mol. The molecule has 1 aliphatic heterocycles. The number of aliphatic hydroxyl groups is 1. The molecule has 238 valence electrons. The Labute approximate surface area is 262 Å². The minimum absolute atomic E-state index is 0.0518. The van der Waals surface area contributed by atoms with Gasteiger partial charge in [-0.15, -0.1) is 0 Å². The summed E-state index contributed by atoms with van der Waals surface area (Å²) in [6.45, 7) is 11.8. The van der Waals surface area contributed by atoms with Gasteiger partial charge in [-0.1, -0.05) is 38.5 Å². The van der Waals surface area contributed by atoms with Crippen LogP contribution in [0.15, 0.2) is 64.1 Å². The van der Waals surface area contributed by atoms with Gasteiger partial charge in [0.05, 0.1) is 18.3 Å². The number of benzene rings is 1. The largest absolute Gasteiger partial charge is 0.482 e. The van der Waals surface area contributed by atoms with Gasteiger partial charge in [-0.25, -0.2) is 9.59 Å². The molecule has 8 atom stereocenters. The molecule has 2 saturated carbocycles. The van der Waals surface area contributed by atoms with Gasteiger partial charge < -0.3 is 23.7 Å². The van der Waals surface area contributed by atoms with E-state index in [9.17, 15) is 19.5 Å². The van der Waals surface area contributed by atoms with Crippen molar-refractivity contribution in [1.29, 1.82) is 0 Å². The van der Waals surface area contributed by atoms with Gasteiger partial charge in [0.25, 0.3) is 0 Å². The Morgan fingerprint density at radius 1 is 1.13 bits per heavy atom. The Bertz CT molecular complexity index is 1670. The average Bonchev–Trinajstić information content (AvgIpc) is 2.99. The maximum atomic E-state index is 13.7. The van der Waals surface area contributed by atoms with Crippen LogP contribution in [0, 0.1) is 35.5 Å². The molecule has 3 heterocycles. The predicted octanol–water partition coefficient (Wildman–Crippen LogP) is 6.06. The van der Waals surface area contributed by atoms with Gasteiger partial charge in [0.15, 0.2) is 0 Å². The number of pyridine rings is 1. The van der Waals surface area contributed by atoms with E-state index in [0.717, 1.165) is 18.4 Å². The van der Waals surface area contributed by atoms with E-state index < -0.39 is 46.2 Å². The van der Waals surface area contributed by atoms with Gasteiger partial charge in [-0.2, -0.15) is 0 Å². The molecule has 0 bridgehead atoms. The second kappa shape index (κ2) is 11.1. The highest BCUT2D eigenvalue weighted by Crippen LogP contribution is 2.68. The summed E-state index contributed by atoms with van der Waals surface area (Å²) in [7, 11) is 0. The van der Waals surface area contributed by atoms with Gasteiger partial charge in [-0.05, 0) is 74.6 Å². The molecule has 2 aliphatic carbocycles. The number of ether oxygens (including phenoxy) is 3. The SMILES string of the molecule is CC(=O)OC[C@@]1(C)C2C[C@H](OC(=O)c3ccc(C)cc3)[C@@]3(C)Oc4cc(-c5cccnc5)oc(=O)c4[C@H](O)C3[C@@]2(C)CC[C@@H]1C. The topological polar surface area (TPSA) is 125 Å². The molecule has 6 rings (SSSR count). The van der Waals surface area contributed by atoms with Gasteiger partial charge in [0.1, 0.15) is 28.8 Å². The maximum absolute atomic E-state index is 13.7. The summed E-state index contributed by atoms with van der Waals surface area (Å²) in [6, 6.07) is 12.3. The van der Waals surface area contributed by atoms with Gasteiger partial charge in [-0.3, -0.25) is 9.78 Å². The number of carbonyl (C=O) groups is 2. The zero-order valence-corrected chi connectivity index (χ0v) is 26.7. The molecule has 2 aromatic heterocycles. The Morgan fingerprint density at radius 2 is 1.87 bits per heavy atom. The van der Waals surface area contributed by atoms with Gasteiger partial charge in [0, 0.05) is 42.3 Å². The number of hydrogen-bond acceptors (Lipinski definition) is 9. The summed E-state index contributed by atoms with van der Waals surface area (Å²) < 4.78 is 24.5. The highest BCUT2D eigenvalue weighted by Gasteiger charge is 2.70. The first kappa shape index (κ1) is 31.0. The van der Waals surface area contributed by atoms with Crippen LogP contribution in [0.2, 0.25) is 0 Å². The Balaban J connectivity index is 1.49. The third kappa shape index (κ3) is 5.05. The summed E-state index contributed by atoms with van der Waals surface area (Å²) in [4.78, 5) is 43.4. The number of aliphatic hydroxyl groups excluding tert-OH is 1. The number of aryl methyl sites for hydroxylation is 1. The predicted molar refractivity (Wildman–Crippen MR) is 165 cm³/mol. The van der Waals surface area contributed by atoms with Crippen molar-refractivity contribution in [2.45, 2.75) is 78.6 Å². The molecule has 2 unspecified atom stereocenters. The number of aromatic nitrogens is 1. The van der Waals surface area contributed by atoms with E-state index in [4.69, 9.17) is 18.6 Å². The summed E-state index contributed by atoms with van der Waals surface area (Å²) in [5, 5.41) is 12.2. The Morgan fingerprint density at radius 3 is 2.53 bits per heavy atom. The van der Waals surface area contributed by atoms with Crippen molar-refractivity contribution in [3.05, 3.63) is 82.0 Å². The minimum atomic E-state index is -1.27. The molecule has 1 aromatic carbocycles. The van der Waals surface area contributed by atoms with E-state index in [0.29, 0.717) is 17.5 Å². The van der Waals surface area contributed by atoms with E-state index >= 15 is 0 Å². The fourth-order valence-electron chi connectivity index (χ4n) is 8.58. The van der Waals surface area contributed by atoms with E-state index in [1.165, 1.54) is 6.92 Å². The third-order valence-electron chi connectivity index (χ3n) is 11.2. The molecule has 1 N–H and O–H groups in total. The quantitative estimate of drug-likeness (QED) is 0.341. The average molecular weight is 616 g/mol. The van der Waals surface area contributed by atoms with Crippen LogP contribution in [0.25, 0.3) is 11.3 Å². The van der Waals surface area contributed by atoms with E-state index in [2.05, 4.69) is 25.8 Å². The van der Waals surface area contributed by atoms with Crippen LogP contribution in [-0.4, -0.2) is 40.3 Å². The van der Waals surface area contributed by atoms with Gasteiger partial charge in [0.2, 0.25) is 0 Å². The van der Waals surface area contributed by atoms with Gasteiger partial charge >= 0.3 is 17.6 Å². The summed E-state index contributed by atoms with van der Waals surface area (Å²) in [6.07, 6.45) is 3.12. The first-order valence-electron chi connectivity index (χ1n) is 15.6. The fraction of sp³-hybridized carbons (Fsp3) is 0.500. The number of rotatable bonds is 5. The number of fused-ring (bicyclic) bond motifs is 4. The molecular formula is C36H41NO8. The van der Waals surface area contributed by atoms with E-state index in [1.54, 1.807) is 42.7 Å². The first-order chi connectivity index (χ1) is 21.3. The molecule has 3 aliphatic rings. The maximum Gasteiger partial charge on any atom is 0.345 e. The molecule has 3 aromatic rings. The van der Waals surface area contributed by atoms with Crippen molar-refractivity contribution >= 4 is 11.9 Å². The Hall–Kier alpha value is -3.98. The van der Waals surface area contributed by atoms with Crippen molar-refractivity contribution in [2.75, 3.05) is 6.61 Å². The Kier molecular flexibility index (Phi) is 7.67. The number of hydrogen-bond donors (Lipinski definition) is 1. The van der Waals surface area contributed by atoms with Crippen LogP contribution in [0.3, 0.4) is 0 Å².